The lowest BCUT2D eigenvalue weighted by molar-refractivity contribution is -0.126. The first-order valence-corrected chi connectivity index (χ1v) is 7.56. The average Bonchev–Trinajstić information content (AvgIpc) is 2.95. The molecule has 6 nitrogen and oxygen atoms in total. The number of hydrogen-bond acceptors (Lipinski definition) is 4. The van der Waals surface area contributed by atoms with Crippen molar-refractivity contribution in [2.75, 3.05) is 13.2 Å². The number of nitrogens with zero attached hydrogens (tertiary/aromatic N) is 1. The molecule has 1 unspecified atom stereocenters. The van der Waals surface area contributed by atoms with E-state index < -0.39 is 5.54 Å². The van der Waals surface area contributed by atoms with Crippen molar-refractivity contribution in [2.45, 2.75) is 56.9 Å². The number of ether oxygens (including phenoxy) is 1. The van der Waals surface area contributed by atoms with E-state index in [4.69, 9.17) is 15.7 Å². The molecule has 0 aromatic rings. The number of amides is 1. The van der Waals surface area contributed by atoms with Crippen LogP contribution in [0.2, 0.25) is 0 Å². The van der Waals surface area contributed by atoms with Gasteiger partial charge in [-0.15, -0.1) is 0 Å². The summed E-state index contributed by atoms with van der Waals surface area (Å²) in [7, 11) is 0. The summed E-state index contributed by atoms with van der Waals surface area (Å²) in [4.78, 5) is 12.4. The molecule has 6 heteroatoms. The molecule has 0 aromatic carbocycles. The van der Waals surface area contributed by atoms with Gasteiger partial charge in [-0.25, -0.2) is 0 Å². The lowest BCUT2D eigenvalue weighted by Gasteiger charge is -2.35. The van der Waals surface area contributed by atoms with E-state index in [2.05, 4.69) is 10.5 Å². The average molecular weight is 283 g/mol. The number of amidine groups is 1. The van der Waals surface area contributed by atoms with Crippen LogP contribution >= 0.6 is 0 Å². The Balaban J connectivity index is 2.10. The highest BCUT2D eigenvalue weighted by Crippen LogP contribution is 2.28. The minimum Gasteiger partial charge on any atom is -0.409 e. The van der Waals surface area contributed by atoms with Crippen LogP contribution < -0.4 is 11.1 Å². The van der Waals surface area contributed by atoms with Crippen molar-refractivity contribution >= 4 is 11.7 Å². The van der Waals surface area contributed by atoms with Crippen LogP contribution in [0, 0.1) is 5.92 Å². The van der Waals surface area contributed by atoms with Gasteiger partial charge in [0, 0.05) is 6.61 Å². The topological polar surface area (TPSA) is 96.9 Å². The van der Waals surface area contributed by atoms with Crippen LogP contribution in [0.5, 0.6) is 0 Å². The van der Waals surface area contributed by atoms with Gasteiger partial charge < -0.3 is 21.0 Å². The molecule has 1 aliphatic carbocycles. The monoisotopic (exact) mass is 283 g/mol. The molecular formula is C14H25N3O3. The van der Waals surface area contributed by atoms with Gasteiger partial charge in [0.15, 0.2) is 5.84 Å². The Labute approximate surface area is 119 Å². The van der Waals surface area contributed by atoms with E-state index in [1.54, 1.807) is 0 Å². The van der Waals surface area contributed by atoms with Gasteiger partial charge in [-0.1, -0.05) is 37.3 Å². The lowest BCUT2D eigenvalue weighted by Crippen LogP contribution is -2.59. The van der Waals surface area contributed by atoms with Gasteiger partial charge in [-0.3, -0.25) is 4.79 Å². The van der Waals surface area contributed by atoms with Gasteiger partial charge in [0.25, 0.3) is 0 Å². The van der Waals surface area contributed by atoms with Crippen molar-refractivity contribution in [1.82, 2.24) is 5.32 Å². The Morgan fingerprint density at radius 3 is 2.45 bits per heavy atom. The Bertz CT molecular complexity index is 357. The molecule has 2 rings (SSSR count). The van der Waals surface area contributed by atoms with Crippen molar-refractivity contribution in [1.29, 1.82) is 0 Å². The number of nitrogens with two attached hydrogens (primary N) is 1. The normalized spacial score (nSPS) is 27.6. The molecule has 0 spiro atoms. The first-order chi connectivity index (χ1) is 9.68. The van der Waals surface area contributed by atoms with E-state index in [1.165, 1.54) is 6.42 Å². The summed E-state index contributed by atoms with van der Waals surface area (Å²) in [5.41, 5.74) is 5.22. The molecule has 0 radical (unpaired) electrons. The molecular weight excluding hydrogens is 258 g/mol. The van der Waals surface area contributed by atoms with Gasteiger partial charge >= 0.3 is 0 Å². The zero-order valence-corrected chi connectivity index (χ0v) is 11.9. The lowest BCUT2D eigenvalue weighted by atomic mass is 9.82. The Kier molecular flexibility index (Phi) is 5.23. The quantitative estimate of drug-likeness (QED) is 0.315. The Morgan fingerprint density at radius 2 is 1.90 bits per heavy atom. The minimum atomic E-state index is -0.686. The van der Waals surface area contributed by atoms with E-state index in [0.717, 1.165) is 44.9 Å². The molecule has 1 saturated heterocycles. The summed E-state index contributed by atoms with van der Waals surface area (Å²) in [5.74, 6) is -0.00912. The number of carbonyl (C=O) groups is 1. The first-order valence-electron chi connectivity index (χ1n) is 7.56. The molecule has 2 aliphatic rings. The molecule has 0 bridgehead atoms. The predicted molar refractivity (Wildman–Crippen MR) is 75.5 cm³/mol. The summed E-state index contributed by atoms with van der Waals surface area (Å²) < 4.78 is 5.26. The van der Waals surface area contributed by atoms with Crippen LogP contribution in [0.25, 0.3) is 0 Å². The summed E-state index contributed by atoms with van der Waals surface area (Å²) in [6.07, 6.45) is 7.67. The van der Waals surface area contributed by atoms with E-state index in [-0.39, 0.29) is 17.7 Å². The molecule has 1 saturated carbocycles. The van der Waals surface area contributed by atoms with Crippen LogP contribution in [0.15, 0.2) is 5.16 Å². The second kappa shape index (κ2) is 6.92. The number of oxime groups is 1. The third kappa shape index (κ3) is 3.42. The first kappa shape index (κ1) is 15.1. The van der Waals surface area contributed by atoms with Crippen molar-refractivity contribution in [3.8, 4) is 0 Å². The maximum Gasteiger partial charge on any atom is 0.226 e. The van der Waals surface area contributed by atoms with Crippen LogP contribution in [-0.2, 0) is 9.53 Å². The summed E-state index contributed by atoms with van der Waals surface area (Å²) in [5, 5.41) is 15.3. The molecule has 1 heterocycles. The molecule has 0 aromatic heterocycles. The maximum absolute atomic E-state index is 12.4. The number of hydrogen-bond donors (Lipinski definition) is 3. The van der Waals surface area contributed by atoms with Crippen molar-refractivity contribution < 1.29 is 14.7 Å². The summed E-state index contributed by atoms with van der Waals surface area (Å²) in [6, 6.07) is 0. The predicted octanol–water partition coefficient (Wildman–Crippen LogP) is 1.37. The van der Waals surface area contributed by atoms with E-state index >= 15 is 0 Å². The molecule has 4 N–H and O–H groups in total. The number of nitrogens with one attached hydrogen (secondary N) is 1. The second-order valence-electron chi connectivity index (χ2n) is 5.88. The molecule has 114 valence electrons. The SMILES string of the molecule is NC(=NO)C1(NC(=O)C2CCOC2)CCCCCCC1. The smallest absolute Gasteiger partial charge is 0.226 e. The van der Waals surface area contributed by atoms with Crippen LogP contribution in [0.1, 0.15) is 51.4 Å². The van der Waals surface area contributed by atoms with E-state index in [1.807, 2.05) is 0 Å². The van der Waals surface area contributed by atoms with E-state index in [9.17, 15) is 4.79 Å². The molecule has 1 aliphatic heterocycles. The Hall–Kier alpha value is -1.30. The maximum atomic E-state index is 12.4. The molecule has 1 amide bonds. The standard InChI is InChI=1S/C14H25N3O3/c15-13(17-19)14(7-4-2-1-3-5-8-14)16-12(18)11-6-9-20-10-11/h11,19H,1-10H2,(H2,15,17)(H,16,18). The largest absolute Gasteiger partial charge is 0.409 e. The fourth-order valence-corrected chi connectivity index (χ4v) is 3.13. The van der Waals surface area contributed by atoms with Crippen LogP contribution in [0.4, 0.5) is 0 Å². The number of carbonyl (C=O) groups excluding carboxylic acids is 1. The molecule has 1 atom stereocenters. The fraction of sp³-hybridized carbons (Fsp3) is 0.857. The van der Waals surface area contributed by atoms with Crippen LogP contribution in [-0.4, -0.2) is 35.7 Å². The van der Waals surface area contributed by atoms with Crippen molar-refractivity contribution in [2.24, 2.45) is 16.8 Å². The highest BCUT2D eigenvalue weighted by molar-refractivity contribution is 5.94. The zero-order valence-electron chi connectivity index (χ0n) is 11.9. The van der Waals surface area contributed by atoms with Crippen LogP contribution in [0.3, 0.4) is 0 Å². The van der Waals surface area contributed by atoms with Gasteiger partial charge in [0.2, 0.25) is 5.91 Å². The second-order valence-corrected chi connectivity index (χ2v) is 5.88. The number of rotatable bonds is 3. The summed E-state index contributed by atoms with van der Waals surface area (Å²) in [6.45, 7) is 1.10. The van der Waals surface area contributed by atoms with Gasteiger partial charge in [0.1, 0.15) is 5.54 Å². The molecule has 2 fully saturated rings. The third-order valence-corrected chi connectivity index (χ3v) is 4.47. The minimum absolute atomic E-state index is 0.0327. The van der Waals surface area contributed by atoms with Gasteiger partial charge in [-0.05, 0) is 19.3 Å². The molecule has 20 heavy (non-hydrogen) atoms. The highest BCUT2D eigenvalue weighted by Gasteiger charge is 2.38. The fourth-order valence-electron chi connectivity index (χ4n) is 3.13. The van der Waals surface area contributed by atoms with E-state index in [0.29, 0.717) is 13.2 Å². The highest BCUT2D eigenvalue weighted by atomic mass is 16.5. The zero-order chi connectivity index (χ0) is 14.4. The third-order valence-electron chi connectivity index (χ3n) is 4.47. The Morgan fingerprint density at radius 1 is 1.25 bits per heavy atom. The van der Waals surface area contributed by atoms with Crippen molar-refractivity contribution in [3.63, 3.8) is 0 Å². The van der Waals surface area contributed by atoms with Crippen molar-refractivity contribution in [3.05, 3.63) is 0 Å². The van der Waals surface area contributed by atoms with Gasteiger partial charge in [-0.2, -0.15) is 0 Å². The van der Waals surface area contributed by atoms with Gasteiger partial charge in [0.05, 0.1) is 12.5 Å². The summed E-state index contributed by atoms with van der Waals surface area (Å²) >= 11 is 0.